The fourth-order valence-corrected chi connectivity index (χ4v) is 3.79. The highest BCUT2D eigenvalue weighted by molar-refractivity contribution is 9.11. The highest BCUT2D eigenvalue weighted by atomic mass is 79.9. The molecule has 0 bridgehead atoms. The maximum atomic E-state index is 12.5. The van der Waals surface area contributed by atoms with Gasteiger partial charge in [-0.1, -0.05) is 23.6 Å². The molecule has 27 heavy (non-hydrogen) atoms. The molecule has 1 amide bonds. The Bertz CT molecular complexity index is 981. The van der Waals surface area contributed by atoms with Gasteiger partial charge in [-0.05, 0) is 80.3 Å². The van der Waals surface area contributed by atoms with Crippen LogP contribution in [0.25, 0.3) is 6.08 Å². The lowest BCUT2D eigenvalue weighted by molar-refractivity contribution is -0.112. The Morgan fingerprint density at radius 2 is 2.04 bits per heavy atom. The molecule has 0 aliphatic heterocycles. The number of carbonyl (C=O) groups excluding carboxylic acids is 1. The van der Waals surface area contributed by atoms with Crippen molar-refractivity contribution in [3.05, 3.63) is 61.0 Å². The van der Waals surface area contributed by atoms with Gasteiger partial charge in [0.1, 0.15) is 24.0 Å². The SMILES string of the molecule is C#CCOc1c(Br)cc(C=C(C#N)C(=O)Nc2cccc(Cl)c2C)cc1Br. The van der Waals surface area contributed by atoms with Crippen molar-refractivity contribution in [1.29, 1.82) is 5.26 Å². The second-order valence-corrected chi connectivity index (χ2v) is 7.46. The van der Waals surface area contributed by atoms with E-state index in [0.29, 0.717) is 31.0 Å². The zero-order chi connectivity index (χ0) is 20.0. The third-order valence-electron chi connectivity index (χ3n) is 3.51. The minimum Gasteiger partial charge on any atom is -0.479 e. The van der Waals surface area contributed by atoms with Crippen molar-refractivity contribution < 1.29 is 9.53 Å². The van der Waals surface area contributed by atoms with Crippen LogP contribution in [-0.4, -0.2) is 12.5 Å². The Labute approximate surface area is 179 Å². The largest absolute Gasteiger partial charge is 0.479 e. The second-order valence-electron chi connectivity index (χ2n) is 5.34. The summed E-state index contributed by atoms with van der Waals surface area (Å²) < 4.78 is 6.73. The Morgan fingerprint density at radius 1 is 1.37 bits per heavy atom. The summed E-state index contributed by atoms with van der Waals surface area (Å²) in [6.07, 6.45) is 6.68. The number of carbonyl (C=O) groups is 1. The van der Waals surface area contributed by atoms with E-state index >= 15 is 0 Å². The number of nitrogens with one attached hydrogen (secondary N) is 1. The number of nitriles is 1. The van der Waals surface area contributed by atoms with Crippen molar-refractivity contribution in [3.63, 3.8) is 0 Å². The molecule has 0 aliphatic carbocycles. The first-order chi connectivity index (χ1) is 12.9. The number of benzene rings is 2. The summed E-state index contributed by atoms with van der Waals surface area (Å²) in [4.78, 5) is 12.5. The van der Waals surface area contributed by atoms with Gasteiger partial charge in [-0.25, -0.2) is 0 Å². The van der Waals surface area contributed by atoms with E-state index in [1.54, 1.807) is 37.3 Å². The first-order valence-corrected chi connectivity index (χ1v) is 9.57. The number of ether oxygens (including phenoxy) is 1. The average Bonchev–Trinajstić information content (AvgIpc) is 2.62. The zero-order valence-electron chi connectivity index (χ0n) is 14.1. The van der Waals surface area contributed by atoms with E-state index in [4.69, 9.17) is 22.8 Å². The monoisotopic (exact) mass is 506 g/mol. The lowest BCUT2D eigenvalue weighted by Crippen LogP contribution is -2.14. The topological polar surface area (TPSA) is 62.1 Å². The number of anilines is 1. The summed E-state index contributed by atoms with van der Waals surface area (Å²) in [6, 6.07) is 10.6. The van der Waals surface area contributed by atoms with Crippen LogP contribution < -0.4 is 10.1 Å². The number of terminal acetylenes is 1. The van der Waals surface area contributed by atoms with Crippen molar-refractivity contribution in [3.8, 4) is 24.2 Å². The van der Waals surface area contributed by atoms with Crippen LogP contribution >= 0.6 is 43.5 Å². The summed E-state index contributed by atoms with van der Waals surface area (Å²) >= 11 is 12.9. The van der Waals surface area contributed by atoms with Gasteiger partial charge in [-0.3, -0.25) is 4.79 Å². The summed E-state index contributed by atoms with van der Waals surface area (Å²) in [6.45, 7) is 1.91. The molecule has 0 saturated carbocycles. The predicted octanol–water partition coefficient (Wildman–Crippen LogP) is 5.73. The van der Waals surface area contributed by atoms with E-state index in [1.807, 2.05) is 6.07 Å². The molecule has 0 spiro atoms. The van der Waals surface area contributed by atoms with Crippen molar-refractivity contribution in [2.75, 3.05) is 11.9 Å². The van der Waals surface area contributed by atoms with Gasteiger partial charge < -0.3 is 10.1 Å². The summed E-state index contributed by atoms with van der Waals surface area (Å²) in [5.74, 6) is 2.41. The van der Waals surface area contributed by atoms with Crippen molar-refractivity contribution in [2.45, 2.75) is 6.92 Å². The number of amides is 1. The number of rotatable bonds is 5. The van der Waals surface area contributed by atoms with E-state index in [2.05, 4.69) is 43.1 Å². The van der Waals surface area contributed by atoms with E-state index < -0.39 is 5.91 Å². The minimum atomic E-state index is -0.525. The maximum Gasteiger partial charge on any atom is 0.266 e. The van der Waals surface area contributed by atoms with Crippen molar-refractivity contribution >= 4 is 61.1 Å². The van der Waals surface area contributed by atoms with Crippen LogP contribution in [0.4, 0.5) is 5.69 Å². The van der Waals surface area contributed by atoms with Crippen LogP contribution in [0, 0.1) is 30.6 Å². The highest BCUT2D eigenvalue weighted by Crippen LogP contribution is 2.35. The minimum absolute atomic E-state index is 0.0505. The van der Waals surface area contributed by atoms with Crippen LogP contribution in [0.5, 0.6) is 5.75 Å². The Hall–Kier alpha value is -2.25. The van der Waals surface area contributed by atoms with Gasteiger partial charge in [0, 0.05) is 10.7 Å². The van der Waals surface area contributed by atoms with Crippen LogP contribution in [0.3, 0.4) is 0 Å². The molecule has 4 nitrogen and oxygen atoms in total. The number of nitrogens with zero attached hydrogens (tertiary/aromatic N) is 1. The van der Waals surface area contributed by atoms with Crippen LogP contribution in [-0.2, 0) is 4.79 Å². The number of halogens is 3. The van der Waals surface area contributed by atoms with E-state index in [9.17, 15) is 10.1 Å². The average molecular weight is 509 g/mol. The molecule has 0 atom stereocenters. The third-order valence-corrected chi connectivity index (χ3v) is 5.10. The molecule has 0 aromatic heterocycles. The molecule has 0 unspecified atom stereocenters. The lowest BCUT2D eigenvalue weighted by Gasteiger charge is -2.10. The van der Waals surface area contributed by atoms with E-state index in [0.717, 1.165) is 5.56 Å². The second kappa shape index (κ2) is 9.62. The Balaban J connectivity index is 2.30. The first-order valence-electron chi connectivity index (χ1n) is 7.61. The summed E-state index contributed by atoms with van der Waals surface area (Å²) in [5.41, 5.74) is 1.86. The van der Waals surface area contributed by atoms with Crippen molar-refractivity contribution in [1.82, 2.24) is 0 Å². The van der Waals surface area contributed by atoms with Gasteiger partial charge in [-0.2, -0.15) is 5.26 Å². The fraction of sp³-hybridized carbons (Fsp3) is 0.100. The standard InChI is InChI=1S/C20H13Br2ClN2O2/c1-3-7-27-19-15(21)9-13(10-16(19)22)8-14(11-24)20(26)25-18-6-4-5-17(23)12(18)2/h1,4-6,8-10H,7H2,2H3,(H,25,26). The molecule has 0 fully saturated rings. The van der Waals surface area contributed by atoms with Gasteiger partial charge in [0.05, 0.1) is 8.95 Å². The Kier molecular flexibility index (Phi) is 7.50. The molecule has 0 aliphatic rings. The molecule has 2 aromatic rings. The molecular weight excluding hydrogens is 495 g/mol. The lowest BCUT2D eigenvalue weighted by atomic mass is 10.1. The van der Waals surface area contributed by atoms with Gasteiger partial charge >= 0.3 is 0 Å². The maximum absolute atomic E-state index is 12.5. The smallest absolute Gasteiger partial charge is 0.266 e. The van der Waals surface area contributed by atoms with Crippen LogP contribution in [0.15, 0.2) is 44.9 Å². The quantitative estimate of drug-likeness (QED) is 0.319. The molecule has 0 saturated heterocycles. The van der Waals surface area contributed by atoms with Crippen LogP contribution in [0.2, 0.25) is 5.02 Å². The molecule has 0 radical (unpaired) electrons. The molecule has 2 rings (SSSR count). The molecule has 136 valence electrons. The third kappa shape index (κ3) is 5.37. The highest BCUT2D eigenvalue weighted by Gasteiger charge is 2.14. The summed E-state index contributed by atoms with van der Waals surface area (Å²) in [7, 11) is 0. The Morgan fingerprint density at radius 3 is 2.63 bits per heavy atom. The van der Waals surface area contributed by atoms with Crippen molar-refractivity contribution in [2.24, 2.45) is 0 Å². The fourth-order valence-electron chi connectivity index (χ4n) is 2.16. The molecular formula is C20H13Br2ClN2O2. The predicted molar refractivity (Wildman–Crippen MR) is 115 cm³/mol. The molecule has 7 heteroatoms. The van der Waals surface area contributed by atoms with E-state index in [-0.39, 0.29) is 12.2 Å². The molecule has 2 aromatic carbocycles. The van der Waals surface area contributed by atoms with E-state index in [1.165, 1.54) is 6.08 Å². The molecule has 0 heterocycles. The number of hydrogen-bond donors (Lipinski definition) is 1. The van der Waals surface area contributed by atoms with Gasteiger partial charge in [0.15, 0.2) is 0 Å². The van der Waals surface area contributed by atoms with Gasteiger partial charge in [0.2, 0.25) is 0 Å². The normalized spacial score (nSPS) is 10.7. The summed E-state index contributed by atoms with van der Waals surface area (Å²) in [5, 5.41) is 12.6. The molecule has 1 N–H and O–H groups in total. The van der Waals surface area contributed by atoms with Gasteiger partial charge in [0.25, 0.3) is 5.91 Å². The number of hydrogen-bond acceptors (Lipinski definition) is 3. The van der Waals surface area contributed by atoms with Crippen LogP contribution in [0.1, 0.15) is 11.1 Å². The zero-order valence-corrected chi connectivity index (χ0v) is 18.1. The first kappa shape index (κ1) is 21.1. The van der Waals surface area contributed by atoms with Gasteiger partial charge in [-0.15, -0.1) is 6.42 Å².